The van der Waals surface area contributed by atoms with Crippen LogP contribution in [-0.4, -0.2) is 31.2 Å². The van der Waals surface area contributed by atoms with Gasteiger partial charge in [-0.2, -0.15) is 0 Å². The molecule has 0 aliphatic rings. The lowest BCUT2D eigenvalue weighted by Gasteiger charge is -2.13. The minimum Gasteiger partial charge on any atom is -0.497 e. The summed E-state index contributed by atoms with van der Waals surface area (Å²) in [4.78, 5) is 16.6. The number of hydrogen-bond acceptors (Lipinski definition) is 5. The number of amides is 1. The van der Waals surface area contributed by atoms with E-state index in [1.165, 1.54) is 0 Å². The van der Waals surface area contributed by atoms with Gasteiger partial charge in [-0.15, -0.1) is 0 Å². The largest absolute Gasteiger partial charge is 0.497 e. The van der Waals surface area contributed by atoms with Crippen molar-refractivity contribution in [1.29, 1.82) is 0 Å². The molecule has 0 radical (unpaired) electrons. The molecule has 0 aliphatic carbocycles. The predicted octanol–water partition coefficient (Wildman–Crippen LogP) is 3.56. The molecule has 0 spiro atoms. The van der Waals surface area contributed by atoms with Crippen LogP contribution in [0.3, 0.4) is 0 Å². The zero-order valence-electron chi connectivity index (χ0n) is 14.4. The Morgan fingerprint density at radius 3 is 2.58 bits per heavy atom. The molecule has 0 saturated heterocycles. The molecular weight excluding hydrogens is 306 g/mol. The second-order valence-corrected chi connectivity index (χ2v) is 5.41. The van der Waals surface area contributed by atoms with Gasteiger partial charge in [-0.1, -0.05) is 6.92 Å². The fourth-order valence-electron chi connectivity index (χ4n) is 2.06. The Kier molecular flexibility index (Phi) is 6.01. The van der Waals surface area contributed by atoms with E-state index in [1.807, 2.05) is 0 Å². The summed E-state index contributed by atoms with van der Waals surface area (Å²) >= 11 is 0. The third-order valence-corrected chi connectivity index (χ3v) is 3.69. The molecule has 0 bridgehead atoms. The highest BCUT2D eigenvalue weighted by atomic mass is 16.5. The number of ether oxygens (including phenoxy) is 2. The molecule has 1 aromatic carbocycles. The van der Waals surface area contributed by atoms with Gasteiger partial charge in [-0.3, -0.25) is 4.79 Å². The normalized spacial score (nSPS) is 11.5. The number of hydrogen-bond donors (Lipinski definition) is 2. The first kappa shape index (κ1) is 17.6. The smallest absolute Gasteiger partial charge is 0.257 e. The molecule has 24 heavy (non-hydrogen) atoms. The summed E-state index contributed by atoms with van der Waals surface area (Å²) in [6.45, 7) is 4.18. The van der Waals surface area contributed by atoms with Crippen molar-refractivity contribution in [2.24, 2.45) is 0 Å². The van der Waals surface area contributed by atoms with E-state index in [9.17, 15) is 4.79 Å². The number of carbonyl (C=O) groups is 1. The summed E-state index contributed by atoms with van der Waals surface area (Å²) in [7, 11) is 3.12. The first-order valence-electron chi connectivity index (χ1n) is 7.83. The fourth-order valence-corrected chi connectivity index (χ4v) is 2.06. The number of aromatic nitrogens is 1. The Labute approximate surface area is 142 Å². The summed E-state index contributed by atoms with van der Waals surface area (Å²) in [6, 6.07) is 9.08. The topological polar surface area (TPSA) is 72.5 Å². The van der Waals surface area contributed by atoms with Crippen LogP contribution in [0.15, 0.2) is 36.5 Å². The second kappa shape index (κ2) is 8.19. The van der Waals surface area contributed by atoms with E-state index in [4.69, 9.17) is 9.47 Å². The zero-order valence-corrected chi connectivity index (χ0v) is 14.4. The van der Waals surface area contributed by atoms with Gasteiger partial charge in [-0.25, -0.2) is 4.98 Å². The SMILES string of the molecule is CCC(C)Nc1ccc(C(=O)Nc2ccc(OC)cc2OC)cn1. The van der Waals surface area contributed by atoms with E-state index >= 15 is 0 Å². The highest BCUT2D eigenvalue weighted by Crippen LogP contribution is 2.29. The van der Waals surface area contributed by atoms with E-state index in [1.54, 1.807) is 50.7 Å². The molecule has 6 heteroatoms. The van der Waals surface area contributed by atoms with Crippen molar-refractivity contribution >= 4 is 17.4 Å². The second-order valence-electron chi connectivity index (χ2n) is 5.41. The summed E-state index contributed by atoms with van der Waals surface area (Å²) in [6.07, 6.45) is 2.55. The third-order valence-electron chi connectivity index (χ3n) is 3.69. The molecule has 1 heterocycles. The number of nitrogens with zero attached hydrogens (tertiary/aromatic N) is 1. The van der Waals surface area contributed by atoms with Crippen LogP contribution in [0.4, 0.5) is 11.5 Å². The van der Waals surface area contributed by atoms with Gasteiger partial charge in [0.15, 0.2) is 0 Å². The van der Waals surface area contributed by atoms with E-state index in [0.717, 1.165) is 12.2 Å². The Hall–Kier alpha value is -2.76. The summed E-state index contributed by atoms with van der Waals surface area (Å²) in [5.74, 6) is 1.70. The van der Waals surface area contributed by atoms with Crippen LogP contribution >= 0.6 is 0 Å². The van der Waals surface area contributed by atoms with Gasteiger partial charge in [0.05, 0.1) is 25.5 Å². The minimum atomic E-state index is -0.249. The maximum atomic E-state index is 12.4. The molecule has 1 atom stereocenters. The highest BCUT2D eigenvalue weighted by molar-refractivity contribution is 6.05. The highest BCUT2D eigenvalue weighted by Gasteiger charge is 2.11. The van der Waals surface area contributed by atoms with E-state index in [0.29, 0.717) is 28.8 Å². The summed E-state index contributed by atoms with van der Waals surface area (Å²) in [5.41, 5.74) is 1.05. The van der Waals surface area contributed by atoms with Gasteiger partial charge in [0.1, 0.15) is 17.3 Å². The molecule has 0 saturated carbocycles. The van der Waals surface area contributed by atoms with Crippen molar-refractivity contribution in [2.75, 3.05) is 24.9 Å². The molecule has 128 valence electrons. The van der Waals surface area contributed by atoms with Crippen LogP contribution in [0, 0.1) is 0 Å². The van der Waals surface area contributed by atoms with Gasteiger partial charge in [0, 0.05) is 18.3 Å². The van der Waals surface area contributed by atoms with Crippen LogP contribution in [-0.2, 0) is 0 Å². The quantitative estimate of drug-likeness (QED) is 0.812. The molecule has 1 aromatic heterocycles. The number of carbonyl (C=O) groups excluding carboxylic acids is 1. The number of pyridine rings is 1. The molecule has 2 aromatic rings. The van der Waals surface area contributed by atoms with Crippen LogP contribution in [0.1, 0.15) is 30.6 Å². The molecule has 1 amide bonds. The van der Waals surface area contributed by atoms with Crippen LogP contribution in [0.2, 0.25) is 0 Å². The molecular formula is C18H23N3O3. The predicted molar refractivity (Wildman–Crippen MR) is 95.1 cm³/mol. The van der Waals surface area contributed by atoms with E-state index < -0.39 is 0 Å². The maximum Gasteiger partial charge on any atom is 0.257 e. The third kappa shape index (κ3) is 4.38. The van der Waals surface area contributed by atoms with Gasteiger partial charge in [0.2, 0.25) is 0 Å². The van der Waals surface area contributed by atoms with Crippen LogP contribution < -0.4 is 20.1 Å². The Bertz CT molecular complexity index is 686. The van der Waals surface area contributed by atoms with Gasteiger partial charge >= 0.3 is 0 Å². The van der Waals surface area contributed by atoms with Crippen molar-refractivity contribution in [3.63, 3.8) is 0 Å². The average Bonchev–Trinajstić information content (AvgIpc) is 2.62. The van der Waals surface area contributed by atoms with Crippen molar-refractivity contribution in [1.82, 2.24) is 4.98 Å². The van der Waals surface area contributed by atoms with Crippen molar-refractivity contribution in [3.05, 3.63) is 42.1 Å². The Morgan fingerprint density at radius 1 is 1.21 bits per heavy atom. The number of benzene rings is 1. The first-order chi connectivity index (χ1) is 11.6. The summed E-state index contributed by atoms with van der Waals surface area (Å²) < 4.78 is 10.4. The lowest BCUT2D eigenvalue weighted by atomic mass is 10.2. The first-order valence-corrected chi connectivity index (χ1v) is 7.83. The fraction of sp³-hybridized carbons (Fsp3) is 0.333. The molecule has 1 unspecified atom stereocenters. The van der Waals surface area contributed by atoms with Crippen molar-refractivity contribution < 1.29 is 14.3 Å². The standard InChI is InChI=1S/C18H23N3O3/c1-5-12(2)20-17-9-6-13(11-19-17)18(22)21-15-8-7-14(23-3)10-16(15)24-4/h6-12H,5H2,1-4H3,(H,19,20)(H,21,22). The number of methoxy groups -OCH3 is 2. The van der Waals surface area contributed by atoms with E-state index in [2.05, 4.69) is 29.5 Å². The van der Waals surface area contributed by atoms with Gasteiger partial charge < -0.3 is 20.1 Å². The molecule has 2 N–H and O–H groups in total. The number of rotatable bonds is 7. The molecule has 2 rings (SSSR count). The number of nitrogens with one attached hydrogen (secondary N) is 2. The van der Waals surface area contributed by atoms with Crippen LogP contribution in [0.25, 0.3) is 0 Å². The average molecular weight is 329 g/mol. The minimum absolute atomic E-state index is 0.249. The lowest BCUT2D eigenvalue weighted by Crippen LogP contribution is -2.16. The Morgan fingerprint density at radius 2 is 2.00 bits per heavy atom. The van der Waals surface area contributed by atoms with Crippen molar-refractivity contribution in [2.45, 2.75) is 26.3 Å². The van der Waals surface area contributed by atoms with E-state index in [-0.39, 0.29) is 5.91 Å². The monoisotopic (exact) mass is 329 g/mol. The van der Waals surface area contributed by atoms with Gasteiger partial charge in [-0.05, 0) is 37.6 Å². The molecule has 6 nitrogen and oxygen atoms in total. The van der Waals surface area contributed by atoms with Gasteiger partial charge in [0.25, 0.3) is 5.91 Å². The van der Waals surface area contributed by atoms with Crippen LogP contribution in [0.5, 0.6) is 11.5 Å². The summed E-state index contributed by atoms with van der Waals surface area (Å²) in [5, 5.41) is 6.08. The Balaban J connectivity index is 2.09. The number of anilines is 2. The molecule has 0 aliphatic heterocycles. The van der Waals surface area contributed by atoms with Crippen molar-refractivity contribution in [3.8, 4) is 11.5 Å². The maximum absolute atomic E-state index is 12.4. The zero-order chi connectivity index (χ0) is 17.5. The lowest BCUT2D eigenvalue weighted by molar-refractivity contribution is 0.102. The molecule has 0 fully saturated rings.